The number of anilines is 2. The van der Waals surface area contributed by atoms with Gasteiger partial charge in [-0.3, -0.25) is 4.68 Å². The fourth-order valence-electron chi connectivity index (χ4n) is 5.47. The summed E-state index contributed by atoms with van der Waals surface area (Å²) in [5, 5.41) is 19.9. The van der Waals surface area contributed by atoms with Gasteiger partial charge in [0, 0.05) is 72.4 Å². The van der Waals surface area contributed by atoms with Gasteiger partial charge in [-0.1, -0.05) is 13.0 Å². The fraction of sp³-hybridized carbons (Fsp3) is 0.536. The average molecular weight is 506 g/mol. The Balaban J connectivity index is 1.45. The third kappa shape index (κ3) is 5.29. The van der Waals surface area contributed by atoms with Gasteiger partial charge in [0.25, 0.3) is 0 Å². The maximum absolute atomic E-state index is 9.30. The number of fused-ring (bicyclic) bond motifs is 1. The molecule has 3 aromatic rings. The summed E-state index contributed by atoms with van der Waals surface area (Å²) < 4.78 is 9.66. The molecule has 9 heteroatoms. The zero-order valence-electron chi connectivity index (χ0n) is 22.3. The van der Waals surface area contributed by atoms with E-state index in [1.54, 1.807) is 11.8 Å². The van der Waals surface area contributed by atoms with Crippen molar-refractivity contribution in [3.63, 3.8) is 0 Å². The summed E-state index contributed by atoms with van der Waals surface area (Å²) in [6.45, 7) is 9.05. The smallest absolute Gasteiger partial charge is 0.227 e. The third-order valence-electron chi connectivity index (χ3n) is 7.61. The quantitative estimate of drug-likeness (QED) is 0.461. The van der Waals surface area contributed by atoms with Gasteiger partial charge in [0.15, 0.2) is 0 Å². The Morgan fingerprint density at radius 3 is 2.70 bits per heavy atom. The Kier molecular flexibility index (Phi) is 7.62. The van der Waals surface area contributed by atoms with Crippen molar-refractivity contribution in [2.75, 3.05) is 37.0 Å². The molecule has 2 unspecified atom stereocenters. The normalized spacial score (nSPS) is 20.0. The van der Waals surface area contributed by atoms with E-state index in [4.69, 9.17) is 9.72 Å². The lowest BCUT2D eigenvalue weighted by Crippen LogP contribution is -2.41. The van der Waals surface area contributed by atoms with E-state index in [0.717, 1.165) is 49.7 Å². The standard InChI is InChI=1S/C28H39N7O2/c1-5-20-14-23-24(21-16-30-34(17-21)12-13-36)18-35(19(2)3)26(23)15-25(20)31-27-6-9-29-28(32-27)33-10-7-22(37-4)8-11-33/h6,9,14-20,22,25,36H,5,7-8,10-13H2,1-4H3,(H,29,31,32). The van der Waals surface area contributed by atoms with Crippen molar-refractivity contribution in [1.82, 2.24) is 24.3 Å². The number of piperidine rings is 1. The van der Waals surface area contributed by atoms with Gasteiger partial charge in [0.2, 0.25) is 5.95 Å². The number of hydrogen-bond acceptors (Lipinski definition) is 7. The van der Waals surface area contributed by atoms with E-state index in [2.05, 4.69) is 64.0 Å². The Labute approximate surface area is 218 Å². The number of aromatic nitrogens is 5. The van der Waals surface area contributed by atoms with Crippen molar-refractivity contribution < 1.29 is 9.84 Å². The molecule has 1 aliphatic carbocycles. The molecule has 1 fully saturated rings. The second-order valence-electron chi connectivity index (χ2n) is 10.3. The molecule has 5 rings (SSSR count). The fourth-order valence-corrected chi connectivity index (χ4v) is 5.47. The summed E-state index contributed by atoms with van der Waals surface area (Å²) in [7, 11) is 1.79. The van der Waals surface area contributed by atoms with E-state index in [-0.39, 0.29) is 12.6 Å². The number of rotatable bonds is 9. The summed E-state index contributed by atoms with van der Waals surface area (Å²) in [4.78, 5) is 11.7. The van der Waals surface area contributed by atoms with Gasteiger partial charge < -0.3 is 24.6 Å². The zero-order chi connectivity index (χ0) is 25.9. The molecule has 0 saturated carbocycles. The highest BCUT2D eigenvalue weighted by Crippen LogP contribution is 2.24. The van der Waals surface area contributed by atoms with Crippen LogP contribution in [0.1, 0.15) is 46.1 Å². The van der Waals surface area contributed by atoms with E-state index >= 15 is 0 Å². The van der Waals surface area contributed by atoms with Crippen LogP contribution in [0.4, 0.5) is 11.8 Å². The lowest BCUT2D eigenvalue weighted by Gasteiger charge is -2.31. The molecular formula is C28H39N7O2. The van der Waals surface area contributed by atoms with Gasteiger partial charge in [-0.2, -0.15) is 10.1 Å². The van der Waals surface area contributed by atoms with Crippen molar-refractivity contribution in [1.29, 1.82) is 0 Å². The van der Waals surface area contributed by atoms with Crippen LogP contribution in [-0.4, -0.2) is 68.4 Å². The van der Waals surface area contributed by atoms with Gasteiger partial charge in [-0.15, -0.1) is 0 Å². The number of nitrogens with one attached hydrogen (secondary N) is 1. The van der Waals surface area contributed by atoms with Crippen molar-refractivity contribution >= 4 is 23.9 Å². The summed E-state index contributed by atoms with van der Waals surface area (Å²) in [6, 6.07) is 2.40. The van der Waals surface area contributed by atoms with E-state index in [0.29, 0.717) is 24.6 Å². The first-order valence-corrected chi connectivity index (χ1v) is 13.5. The molecule has 0 aromatic carbocycles. The number of nitrogens with zero attached hydrogens (tertiary/aromatic N) is 6. The summed E-state index contributed by atoms with van der Waals surface area (Å²) in [6.07, 6.45) is 16.1. The predicted molar refractivity (Wildman–Crippen MR) is 147 cm³/mol. The first-order chi connectivity index (χ1) is 18.0. The van der Waals surface area contributed by atoms with E-state index in [1.165, 1.54) is 16.1 Å². The number of aliphatic hydroxyl groups is 1. The molecular weight excluding hydrogens is 466 g/mol. The van der Waals surface area contributed by atoms with Gasteiger partial charge in [0.05, 0.1) is 31.5 Å². The number of hydrogen-bond donors (Lipinski definition) is 2. The summed E-state index contributed by atoms with van der Waals surface area (Å²) in [5.74, 6) is 1.95. The Morgan fingerprint density at radius 2 is 2.00 bits per heavy atom. The SMILES string of the molecule is CCC1C=c2c(-c3cnn(CCO)c3)cn(C(C)C)c2=CC1Nc1ccnc(N2CCC(OC)CC2)n1. The van der Waals surface area contributed by atoms with Crippen LogP contribution in [0.5, 0.6) is 0 Å². The number of aliphatic hydroxyl groups excluding tert-OH is 1. The van der Waals surface area contributed by atoms with E-state index in [1.807, 2.05) is 24.7 Å². The lowest BCUT2D eigenvalue weighted by atomic mass is 9.90. The number of methoxy groups -OCH3 is 1. The van der Waals surface area contributed by atoms with Gasteiger partial charge >= 0.3 is 0 Å². The van der Waals surface area contributed by atoms with Crippen LogP contribution in [-0.2, 0) is 11.3 Å². The Hall–Kier alpha value is -3.17. The van der Waals surface area contributed by atoms with Crippen LogP contribution in [0, 0.1) is 5.92 Å². The minimum atomic E-state index is 0.0770. The van der Waals surface area contributed by atoms with Crippen molar-refractivity contribution in [2.45, 2.75) is 64.8 Å². The molecule has 2 N–H and O–H groups in total. The number of ether oxygens (including phenoxy) is 1. The Morgan fingerprint density at radius 1 is 1.19 bits per heavy atom. The lowest BCUT2D eigenvalue weighted by molar-refractivity contribution is 0.0816. The van der Waals surface area contributed by atoms with Crippen LogP contribution in [0.15, 0.2) is 30.9 Å². The summed E-state index contributed by atoms with van der Waals surface area (Å²) >= 11 is 0. The third-order valence-corrected chi connectivity index (χ3v) is 7.61. The van der Waals surface area contributed by atoms with Gasteiger partial charge in [-0.25, -0.2) is 4.98 Å². The molecule has 0 amide bonds. The minimum Gasteiger partial charge on any atom is -0.394 e. The van der Waals surface area contributed by atoms with Crippen LogP contribution in [0.2, 0.25) is 0 Å². The zero-order valence-corrected chi connectivity index (χ0v) is 22.3. The molecule has 0 bridgehead atoms. The van der Waals surface area contributed by atoms with Crippen molar-refractivity contribution in [2.24, 2.45) is 5.92 Å². The Bertz CT molecular complexity index is 1320. The second-order valence-corrected chi connectivity index (χ2v) is 10.3. The first kappa shape index (κ1) is 25.5. The monoisotopic (exact) mass is 505 g/mol. The molecule has 9 nitrogen and oxygen atoms in total. The van der Waals surface area contributed by atoms with Crippen LogP contribution in [0.25, 0.3) is 23.3 Å². The average Bonchev–Trinajstić information content (AvgIpc) is 3.53. The molecule has 2 aliphatic rings. The van der Waals surface area contributed by atoms with E-state index < -0.39 is 0 Å². The van der Waals surface area contributed by atoms with Crippen LogP contribution in [0.3, 0.4) is 0 Å². The topological polar surface area (TPSA) is 93.3 Å². The maximum atomic E-state index is 9.30. The molecule has 0 spiro atoms. The highest BCUT2D eigenvalue weighted by Gasteiger charge is 2.25. The van der Waals surface area contributed by atoms with Crippen molar-refractivity contribution in [3.8, 4) is 11.1 Å². The molecule has 0 radical (unpaired) electrons. The van der Waals surface area contributed by atoms with Crippen LogP contribution < -0.4 is 20.8 Å². The first-order valence-electron chi connectivity index (χ1n) is 13.5. The molecule has 37 heavy (non-hydrogen) atoms. The minimum absolute atomic E-state index is 0.0770. The molecule has 2 atom stereocenters. The van der Waals surface area contributed by atoms with Crippen LogP contribution >= 0.6 is 0 Å². The largest absolute Gasteiger partial charge is 0.394 e. The highest BCUT2D eigenvalue weighted by molar-refractivity contribution is 5.67. The van der Waals surface area contributed by atoms with Gasteiger partial charge in [0.1, 0.15) is 5.82 Å². The molecule has 1 aliphatic heterocycles. The highest BCUT2D eigenvalue weighted by atomic mass is 16.5. The van der Waals surface area contributed by atoms with Crippen molar-refractivity contribution in [3.05, 3.63) is 41.4 Å². The van der Waals surface area contributed by atoms with E-state index in [9.17, 15) is 5.11 Å². The van der Waals surface area contributed by atoms with Gasteiger partial charge in [-0.05, 0) is 45.3 Å². The predicted octanol–water partition coefficient (Wildman–Crippen LogP) is 2.41. The second kappa shape index (κ2) is 11.1. The molecule has 4 heterocycles. The molecule has 3 aromatic heterocycles. The molecule has 1 saturated heterocycles. The maximum Gasteiger partial charge on any atom is 0.227 e. The summed E-state index contributed by atoms with van der Waals surface area (Å²) in [5.41, 5.74) is 2.26. The molecule has 198 valence electrons.